The van der Waals surface area contributed by atoms with Crippen LogP contribution < -0.4 is 5.56 Å². The number of carbonyl (C=O) groups is 1. The molecule has 0 bridgehead atoms. The number of hydrogen-bond acceptors (Lipinski definition) is 6. The number of rotatable bonds is 3. The summed E-state index contributed by atoms with van der Waals surface area (Å²) >= 11 is 3.24. The molecule has 154 valence electrons. The molecule has 6 nitrogen and oxygen atoms in total. The number of thiophene rings is 1. The van der Waals surface area contributed by atoms with Crippen LogP contribution in [0.5, 0.6) is 0 Å². The molecule has 5 rings (SSSR count). The Labute approximate surface area is 181 Å². The number of hydrogen-bond donors (Lipinski definition) is 0. The second-order valence-electron chi connectivity index (χ2n) is 7.84. The van der Waals surface area contributed by atoms with Crippen LogP contribution in [0, 0.1) is 13.8 Å². The fourth-order valence-electron chi connectivity index (χ4n) is 4.10. The van der Waals surface area contributed by atoms with E-state index in [1.165, 1.54) is 26.9 Å². The molecule has 30 heavy (non-hydrogen) atoms. The van der Waals surface area contributed by atoms with Gasteiger partial charge in [-0.3, -0.25) is 14.2 Å². The zero-order valence-corrected chi connectivity index (χ0v) is 18.6. The summed E-state index contributed by atoms with van der Waals surface area (Å²) in [4.78, 5) is 38.8. The number of aromatic nitrogens is 3. The van der Waals surface area contributed by atoms with E-state index in [4.69, 9.17) is 4.98 Å². The molecule has 1 aromatic carbocycles. The highest BCUT2D eigenvalue weighted by atomic mass is 32.1. The summed E-state index contributed by atoms with van der Waals surface area (Å²) in [5, 5.41) is 1.73. The first-order valence-electron chi connectivity index (χ1n) is 10.1. The topological polar surface area (TPSA) is 68.1 Å². The molecular weight excluding hydrogens is 416 g/mol. The van der Waals surface area contributed by atoms with Gasteiger partial charge in [-0.15, -0.1) is 22.7 Å². The van der Waals surface area contributed by atoms with Gasteiger partial charge in [0.15, 0.2) is 0 Å². The minimum absolute atomic E-state index is 0.0304. The maximum absolute atomic E-state index is 13.0. The highest BCUT2D eigenvalue weighted by Crippen LogP contribution is 2.33. The average Bonchev–Trinajstić information content (AvgIpc) is 3.31. The van der Waals surface area contributed by atoms with Gasteiger partial charge in [0.05, 0.1) is 26.9 Å². The highest BCUT2D eigenvalue weighted by molar-refractivity contribution is 7.19. The smallest absolute Gasteiger partial charge is 0.262 e. The molecule has 0 radical (unpaired) electrons. The van der Waals surface area contributed by atoms with Gasteiger partial charge in [-0.1, -0.05) is 12.1 Å². The zero-order valence-electron chi connectivity index (χ0n) is 16.9. The first-order valence-corrected chi connectivity index (χ1v) is 11.7. The molecule has 4 aromatic rings. The quantitative estimate of drug-likeness (QED) is 0.483. The van der Waals surface area contributed by atoms with Crippen LogP contribution in [0.2, 0.25) is 0 Å². The Morgan fingerprint density at radius 1 is 1.23 bits per heavy atom. The molecule has 0 aliphatic carbocycles. The fourth-order valence-corrected chi connectivity index (χ4v) is 6.18. The van der Waals surface area contributed by atoms with Crippen molar-refractivity contribution in [2.24, 2.45) is 0 Å². The molecule has 1 saturated heterocycles. The highest BCUT2D eigenvalue weighted by Gasteiger charge is 2.27. The van der Waals surface area contributed by atoms with Gasteiger partial charge in [-0.25, -0.2) is 9.97 Å². The van der Waals surface area contributed by atoms with Crippen molar-refractivity contribution in [2.75, 3.05) is 13.1 Å². The van der Waals surface area contributed by atoms with Crippen molar-refractivity contribution in [3.8, 4) is 0 Å². The number of nitrogens with zero attached hydrogens (tertiary/aromatic N) is 4. The number of aryl methyl sites for hydroxylation is 2. The number of carbonyl (C=O) groups excluding carboxylic acids is 1. The number of likely N-dealkylation sites (tertiary alicyclic amines) is 1. The minimum atomic E-state index is -0.130. The van der Waals surface area contributed by atoms with Crippen LogP contribution in [0.1, 0.15) is 34.2 Å². The van der Waals surface area contributed by atoms with E-state index >= 15 is 0 Å². The fraction of sp³-hybridized carbons (Fsp3) is 0.364. The molecule has 0 unspecified atom stereocenters. The molecule has 1 fully saturated rings. The molecule has 4 heterocycles. The van der Waals surface area contributed by atoms with E-state index in [2.05, 4.69) is 11.1 Å². The normalized spacial score (nSPS) is 17.1. The Morgan fingerprint density at radius 2 is 2.07 bits per heavy atom. The maximum atomic E-state index is 13.0. The van der Waals surface area contributed by atoms with Crippen LogP contribution in [0.4, 0.5) is 0 Å². The summed E-state index contributed by atoms with van der Waals surface area (Å²) in [7, 11) is 0. The number of piperidine rings is 1. The van der Waals surface area contributed by atoms with E-state index in [-0.39, 0.29) is 23.9 Å². The van der Waals surface area contributed by atoms with Crippen molar-refractivity contribution < 1.29 is 4.79 Å². The van der Waals surface area contributed by atoms with Gasteiger partial charge in [0.25, 0.3) is 5.56 Å². The molecule has 3 aromatic heterocycles. The molecule has 1 aliphatic rings. The summed E-state index contributed by atoms with van der Waals surface area (Å²) in [5.41, 5.74) is 1.85. The van der Waals surface area contributed by atoms with Crippen LogP contribution in [0.3, 0.4) is 0 Å². The van der Waals surface area contributed by atoms with E-state index in [0.29, 0.717) is 11.9 Å². The van der Waals surface area contributed by atoms with E-state index in [1.807, 2.05) is 36.9 Å². The Hall–Kier alpha value is -2.58. The van der Waals surface area contributed by atoms with Crippen molar-refractivity contribution in [3.05, 3.63) is 56.4 Å². The first-order chi connectivity index (χ1) is 14.5. The Kier molecular flexibility index (Phi) is 4.91. The first kappa shape index (κ1) is 19.4. The van der Waals surface area contributed by atoms with Crippen LogP contribution in [-0.2, 0) is 11.3 Å². The summed E-state index contributed by atoms with van der Waals surface area (Å²) in [6, 6.07) is 8.15. The van der Waals surface area contributed by atoms with Crippen LogP contribution in [0.25, 0.3) is 20.4 Å². The van der Waals surface area contributed by atoms with Crippen molar-refractivity contribution in [3.63, 3.8) is 0 Å². The van der Waals surface area contributed by atoms with Gasteiger partial charge < -0.3 is 4.90 Å². The Bertz CT molecular complexity index is 1290. The molecule has 0 saturated carbocycles. The molecular formula is C22H22N4O2S2. The van der Waals surface area contributed by atoms with E-state index in [0.717, 1.165) is 45.2 Å². The van der Waals surface area contributed by atoms with E-state index < -0.39 is 0 Å². The van der Waals surface area contributed by atoms with Crippen molar-refractivity contribution in [1.29, 1.82) is 0 Å². The lowest BCUT2D eigenvalue weighted by Gasteiger charge is -2.32. The second-order valence-corrected chi connectivity index (χ2v) is 10.1. The summed E-state index contributed by atoms with van der Waals surface area (Å²) in [6.07, 6.45) is 3.48. The summed E-state index contributed by atoms with van der Waals surface area (Å²) in [6.45, 7) is 5.34. The van der Waals surface area contributed by atoms with Crippen molar-refractivity contribution in [1.82, 2.24) is 19.4 Å². The number of para-hydroxylation sites is 1. The summed E-state index contributed by atoms with van der Waals surface area (Å²) < 4.78 is 2.63. The van der Waals surface area contributed by atoms with Gasteiger partial charge in [-0.05, 0) is 44.4 Å². The third kappa shape index (κ3) is 3.33. The lowest BCUT2D eigenvalue weighted by molar-refractivity contribution is -0.133. The van der Waals surface area contributed by atoms with Crippen LogP contribution in [0.15, 0.2) is 35.4 Å². The zero-order chi connectivity index (χ0) is 20.8. The van der Waals surface area contributed by atoms with Crippen molar-refractivity contribution >= 4 is 49.0 Å². The third-order valence-electron chi connectivity index (χ3n) is 5.90. The molecule has 1 atom stereocenters. The minimum Gasteiger partial charge on any atom is -0.340 e. The number of fused-ring (bicyclic) bond motifs is 2. The molecule has 0 N–H and O–H groups in total. The Balaban J connectivity index is 1.36. The predicted molar refractivity (Wildman–Crippen MR) is 122 cm³/mol. The largest absolute Gasteiger partial charge is 0.340 e. The number of thiazole rings is 1. The average molecular weight is 439 g/mol. The van der Waals surface area contributed by atoms with Gasteiger partial charge in [-0.2, -0.15) is 0 Å². The lowest BCUT2D eigenvalue weighted by Crippen LogP contribution is -2.42. The summed E-state index contributed by atoms with van der Waals surface area (Å²) in [5.74, 6) is 0.216. The standard InChI is InChI=1S/C22H22N4O2S2/c1-13-14(2)29-21-19(13)22(28)26(12-23-21)11-18(27)25-9-5-6-15(10-25)20-24-16-7-3-4-8-17(16)30-20/h3-4,7-8,12,15H,5-6,9-11H2,1-2H3/t15-/m0/s1. The van der Waals surface area contributed by atoms with Crippen LogP contribution >= 0.6 is 22.7 Å². The second kappa shape index (κ2) is 7.59. The molecule has 0 spiro atoms. The van der Waals surface area contributed by atoms with Gasteiger partial charge in [0.2, 0.25) is 5.91 Å². The van der Waals surface area contributed by atoms with Crippen LogP contribution in [-0.4, -0.2) is 38.4 Å². The van der Waals surface area contributed by atoms with Gasteiger partial charge in [0.1, 0.15) is 11.4 Å². The molecule has 8 heteroatoms. The van der Waals surface area contributed by atoms with Crippen molar-refractivity contribution in [2.45, 2.75) is 39.2 Å². The SMILES string of the molecule is Cc1sc2ncn(CC(=O)N3CCC[C@H](c4nc5ccccc5s4)C3)c(=O)c2c1C. The van der Waals surface area contributed by atoms with E-state index in [9.17, 15) is 9.59 Å². The monoisotopic (exact) mass is 438 g/mol. The number of benzene rings is 1. The Morgan fingerprint density at radius 3 is 2.90 bits per heavy atom. The third-order valence-corrected chi connectivity index (χ3v) is 8.21. The van der Waals surface area contributed by atoms with Gasteiger partial charge in [0, 0.05) is 23.9 Å². The van der Waals surface area contributed by atoms with Gasteiger partial charge >= 0.3 is 0 Å². The predicted octanol–water partition coefficient (Wildman–Crippen LogP) is 4.09. The molecule has 1 amide bonds. The molecule has 1 aliphatic heterocycles. The van der Waals surface area contributed by atoms with E-state index in [1.54, 1.807) is 11.3 Å². The number of amides is 1. The maximum Gasteiger partial charge on any atom is 0.262 e. The lowest BCUT2D eigenvalue weighted by atomic mass is 9.98.